The molecule has 2 N–H and O–H groups in total. The van der Waals surface area contributed by atoms with E-state index in [-0.39, 0.29) is 25.9 Å². The SMILES string of the molecule is CC/C=C\C/C=C\C/C=C\C/C=C\C/C=C\CC(=O)OC(CO)COP(=O)(O)OCC(COC(=O)CCCCCC/C=C\C/C=C\C/C=C\C/C=C\CC)OC(=O)CCCCCCCC/C=C\C/C=C\C/C=C\CCCCC. The van der Waals surface area contributed by atoms with Gasteiger partial charge in [0, 0.05) is 12.8 Å². The highest BCUT2D eigenvalue weighted by Gasteiger charge is 2.28. The Hall–Kier alpha value is -4.64. The first-order chi connectivity index (χ1) is 38.2. The molecule has 0 heterocycles. The molecule has 0 radical (unpaired) electrons. The maximum absolute atomic E-state index is 12.9. The van der Waals surface area contributed by atoms with Crippen LogP contribution in [0.25, 0.3) is 0 Å². The van der Waals surface area contributed by atoms with Crippen molar-refractivity contribution < 1.29 is 52.2 Å². The number of esters is 3. The standard InChI is InChI=1S/C66H105O11P/c1-4-7-10-13-16-19-22-25-28-30-31-33-36-39-42-45-48-51-54-57-66(70)77-63(59-73-64(68)55-52-49-46-43-40-37-35-32-29-26-23-20-17-14-11-8-5-2)61-75-78(71,72)74-60-62(58-67)76-65(69)56-53-50-47-44-41-38-34-27-24-21-18-15-12-9-6-3/h8-9,11-12,16-21,25-29,31,33-35,37,41,44,50,53,62-63,67H,4-7,10,13-15,22-24,30,32,36,38-40,42-43,45-49,51-52,54-61H2,1-3H3,(H,71,72)/b11-8-,12-9-,19-16-,20-17-,21-18-,28-25-,29-26-,33-31-,34-27-,37-35-,44-41-,53-50-. The van der Waals surface area contributed by atoms with E-state index in [1.165, 1.54) is 25.7 Å². The van der Waals surface area contributed by atoms with Crippen molar-refractivity contribution in [2.24, 2.45) is 0 Å². The number of aliphatic hydroxyl groups is 1. The molecule has 0 saturated heterocycles. The molecule has 0 aromatic carbocycles. The second-order valence-electron chi connectivity index (χ2n) is 19.1. The lowest BCUT2D eigenvalue weighted by Gasteiger charge is -2.21. The number of hydrogen-bond acceptors (Lipinski definition) is 10. The number of carbonyl (C=O) groups is 3. The van der Waals surface area contributed by atoms with E-state index < -0.39 is 57.8 Å². The molecule has 3 atom stereocenters. The third-order valence-corrected chi connectivity index (χ3v) is 12.7. The zero-order chi connectivity index (χ0) is 56.9. The van der Waals surface area contributed by atoms with Gasteiger partial charge in [-0.2, -0.15) is 0 Å². The largest absolute Gasteiger partial charge is 0.472 e. The van der Waals surface area contributed by atoms with E-state index >= 15 is 0 Å². The number of allylic oxidation sites excluding steroid dienone is 23. The third kappa shape index (κ3) is 56.1. The Bertz CT molecular complexity index is 1860. The van der Waals surface area contributed by atoms with E-state index in [1.54, 1.807) is 6.08 Å². The molecule has 0 saturated carbocycles. The van der Waals surface area contributed by atoms with E-state index in [2.05, 4.69) is 142 Å². The van der Waals surface area contributed by atoms with Crippen molar-refractivity contribution in [3.05, 3.63) is 146 Å². The summed E-state index contributed by atoms with van der Waals surface area (Å²) in [6.45, 7) is 4.22. The molecule has 0 bridgehead atoms. The molecule has 3 unspecified atom stereocenters. The summed E-state index contributed by atoms with van der Waals surface area (Å²) >= 11 is 0. The maximum atomic E-state index is 12.9. The lowest BCUT2D eigenvalue weighted by atomic mass is 10.1. The van der Waals surface area contributed by atoms with Crippen LogP contribution in [-0.2, 0) is 42.2 Å². The van der Waals surface area contributed by atoms with E-state index in [1.807, 2.05) is 18.2 Å². The van der Waals surface area contributed by atoms with Gasteiger partial charge in [-0.3, -0.25) is 23.4 Å². The van der Waals surface area contributed by atoms with Crippen molar-refractivity contribution in [3.63, 3.8) is 0 Å². The molecule has 0 rings (SSSR count). The molecule has 0 fully saturated rings. The van der Waals surface area contributed by atoms with Crippen LogP contribution in [0.5, 0.6) is 0 Å². The van der Waals surface area contributed by atoms with Gasteiger partial charge >= 0.3 is 25.7 Å². The van der Waals surface area contributed by atoms with Crippen LogP contribution in [0.2, 0.25) is 0 Å². The van der Waals surface area contributed by atoms with Gasteiger partial charge in [0.15, 0.2) is 6.10 Å². The summed E-state index contributed by atoms with van der Waals surface area (Å²) in [5, 5.41) is 9.80. The summed E-state index contributed by atoms with van der Waals surface area (Å²) in [7, 11) is -4.80. The maximum Gasteiger partial charge on any atom is 0.472 e. The molecule has 440 valence electrons. The minimum atomic E-state index is -4.80. The van der Waals surface area contributed by atoms with Crippen molar-refractivity contribution in [1.29, 1.82) is 0 Å². The Labute approximate surface area is 473 Å². The lowest BCUT2D eigenvalue weighted by molar-refractivity contribution is -0.161. The molecule has 78 heavy (non-hydrogen) atoms. The summed E-state index contributed by atoms with van der Waals surface area (Å²) in [6.07, 6.45) is 75.4. The molecule has 0 aliphatic rings. The van der Waals surface area contributed by atoms with Gasteiger partial charge in [0.1, 0.15) is 12.7 Å². The number of carbonyl (C=O) groups excluding carboxylic acids is 3. The predicted octanol–water partition coefficient (Wildman–Crippen LogP) is 17.9. The number of phosphoric acid groups is 1. The fraction of sp³-hybridized carbons (Fsp3) is 0.591. The normalized spacial score (nSPS) is 14.4. The lowest BCUT2D eigenvalue weighted by Crippen LogP contribution is -2.30. The minimum absolute atomic E-state index is 0.0654. The van der Waals surface area contributed by atoms with Gasteiger partial charge in [-0.05, 0) is 122 Å². The Balaban J connectivity index is 4.89. The van der Waals surface area contributed by atoms with E-state index in [4.69, 9.17) is 23.3 Å². The number of phosphoric ester groups is 1. The molecule has 0 amide bonds. The van der Waals surface area contributed by atoms with Crippen molar-refractivity contribution >= 4 is 25.7 Å². The molecule has 0 aromatic rings. The van der Waals surface area contributed by atoms with Gasteiger partial charge in [-0.25, -0.2) is 4.57 Å². The highest BCUT2D eigenvalue weighted by molar-refractivity contribution is 7.47. The Kier molecular flexibility index (Phi) is 55.0. The molecule has 0 aliphatic carbocycles. The summed E-state index contributed by atoms with van der Waals surface area (Å²) in [6, 6.07) is 0. The first-order valence-electron chi connectivity index (χ1n) is 29.7. The van der Waals surface area contributed by atoms with Crippen LogP contribution in [0.15, 0.2) is 146 Å². The highest BCUT2D eigenvalue weighted by atomic mass is 31.2. The molecule has 0 aliphatic heterocycles. The molecule has 12 heteroatoms. The van der Waals surface area contributed by atoms with Gasteiger partial charge in [-0.15, -0.1) is 0 Å². The van der Waals surface area contributed by atoms with Gasteiger partial charge in [0.2, 0.25) is 0 Å². The monoisotopic (exact) mass is 1100 g/mol. The second-order valence-corrected chi connectivity index (χ2v) is 20.5. The molecule has 0 spiro atoms. The molecule has 0 aromatic heterocycles. The topological polar surface area (TPSA) is 155 Å². The quantitative estimate of drug-likeness (QED) is 0.0197. The molecule has 11 nitrogen and oxygen atoms in total. The average Bonchev–Trinajstić information content (AvgIpc) is 3.43. The van der Waals surface area contributed by atoms with Gasteiger partial charge in [-0.1, -0.05) is 218 Å². The number of aliphatic hydroxyl groups excluding tert-OH is 1. The second kappa shape index (κ2) is 58.5. The Morgan fingerprint density at radius 2 is 0.718 bits per heavy atom. The van der Waals surface area contributed by atoms with Crippen molar-refractivity contribution in [2.45, 2.75) is 226 Å². The van der Waals surface area contributed by atoms with E-state index in [0.29, 0.717) is 19.3 Å². The van der Waals surface area contributed by atoms with Crippen molar-refractivity contribution in [1.82, 2.24) is 0 Å². The summed E-state index contributed by atoms with van der Waals surface area (Å²) in [5.41, 5.74) is 0. The fourth-order valence-electron chi connectivity index (χ4n) is 7.31. The zero-order valence-electron chi connectivity index (χ0n) is 48.6. The van der Waals surface area contributed by atoms with Crippen LogP contribution in [0, 0.1) is 0 Å². The molecular weight excluding hydrogens is 1000 g/mol. The van der Waals surface area contributed by atoms with Crippen molar-refractivity contribution in [2.75, 3.05) is 26.4 Å². The van der Waals surface area contributed by atoms with E-state index in [0.717, 1.165) is 128 Å². The zero-order valence-corrected chi connectivity index (χ0v) is 49.5. The van der Waals surface area contributed by atoms with Crippen LogP contribution in [0.4, 0.5) is 0 Å². The third-order valence-electron chi connectivity index (χ3n) is 11.8. The Morgan fingerprint density at radius 3 is 1.13 bits per heavy atom. The van der Waals surface area contributed by atoms with E-state index in [9.17, 15) is 28.9 Å². The fourth-order valence-corrected chi connectivity index (χ4v) is 8.09. The van der Waals surface area contributed by atoms with Crippen molar-refractivity contribution in [3.8, 4) is 0 Å². The Morgan fingerprint density at radius 1 is 0.385 bits per heavy atom. The number of unbranched alkanes of at least 4 members (excludes halogenated alkanes) is 13. The smallest absolute Gasteiger partial charge is 0.462 e. The highest BCUT2D eigenvalue weighted by Crippen LogP contribution is 2.43. The summed E-state index contributed by atoms with van der Waals surface area (Å²) in [5.74, 6) is -1.66. The van der Waals surface area contributed by atoms with Gasteiger partial charge in [0.05, 0.1) is 26.2 Å². The van der Waals surface area contributed by atoms with Gasteiger partial charge in [0.25, 0.3) is 0 Å². The summed E-state index contributed by atoms with van der Waals surface area (Å²) in [4.78, 5) is 48.6. The number of ether oxygens (including phenoxy) is 3. The van der Waals surface area contributed by atoms with Crippen LogP contribution in [0.3, 0.4) is 0 Å². The summed E-state index contributed by atoms with van der Waals surface area (Å²) < 4.78 is 39.4. The number of rotatable bonds is 53. The van der Waals surface area contributed by atoms with Crippen LogP contribution >= 0.6 is 7.82 Å². The van der Waals surface area contributed by atoms with Crippen LogP contribution in [-0.4, -0.2) is 66.5 Å². The first-order valence-corrected chi connectivity index (χ1v) is 31.2. The minimum Gasteiger partial charge on any atom is -0.462 e. The van der Waals surface area contributed by atoms with Crippen LogP contribution in [0.1, 0.15) is 213 Å². The number of hydrogen-bond donors (Lipinski definition) is 2. The molecular formula is C66H105O11P. The predicted molar refractivity (Wildman–Crippen MR) is 325 cm³/mol. The first kappa shape index (κ1) is 73.4. The van der Waals surface area contributed by atoms with Crippen LogP contribution < -0.4 is 0 Å². The average molecular weight is 1110 g/mol. The van der Waals surface area contributed by atoms with Gasteiger partial charge < -0.3 is 24.2 Å².